The van der Waals surface area contributed by atoms with E-state index in [0.29, 0.717) is 47.7 Å². The molecule has 0 heterocycles. The predicted molar refractivity (Wildman–Crippen MR) is 203 cm³/mol. The summed E-state index contributed by atoms with van der Waals surface area (Å²) in [6.07, 6.45) is 18.7. The molecule has 0 aromatic heterocycles. The fourth-order valence-corrected chi connectivity index (χ4v) is 9.70. The lowest BCUT2D eigenvalue weighted by atomic mass is 9.63. The zero-order chi connectivity index (χ0) is 34.8. The molecular formula is C46H56O4. The highest BCUT2D eigenvalue weighted by Crippen LogP contribution is 2.51. The molecule has 50 heavy (non-hydrogen) atoms. The maximum atomic E-state index is 12.0. The highest BCUT2D eigenvalue weighted by Gasteiger charge is 2.39. The molecule has 3 aliphatic carbocycles. The number of rotatable bonds is 8. The summed E-state index contributed by atoms with van der Waals surface area (Å²) in [5, 5.41) is 44.5. The van der Waals surface area contributed by atoms with Crippen LogP contribution in [0, 0.1) is 13.8 Å². The SMILES string of the molecule is Cc1cc(Cc2cc(C3(c4cc(Cc5ccc(O)c(C)c5)c(O)c(C5CCCCC5)c4)CCCCC3)cc(C3CCCCC3)c2O)ccc1O. The third kappa shape index (κ3) is 7.00. The first-order chi connectivity index (χ1) is 24.2. The minimum absolute atomic E-state index is 0.217. The van der Waals surface area contributed by atoms with Crippen LogP contribution in [0.4, 0.5) is 0 Å². The van der Waals surface area contributed by atoms with E-state index in [1.807, 2.05) is 38.1 Å². The van der Waals surface area contributed by atoms with E-state index in [0.717, 1.165) is 95.9 Å². The monoisotopic (exact) mass is 672 g/mol. The first-order valence-corrected chi connectivity index (χ1v) is 19.5. The quantitative estimate of drug-likeness (QED) is 0.150. The highest BCUT2D eigenvalue weighted by atomic mass is 16.3. The number of benzene rings is 4. The molecule has 0 aliphatic heterocycles. The fourth-order valence-electron chi connectivity index (χ4n) is 9.70. The van der Waals surface area contributed by atoms with Crippen LogP contribution in [0.15, 0.2) is 60.7 Å². The molecule has 4 aromatic rings. The molecule has 4 aromatic carbocycles. The van der Waals surface area contributed by atoms with E-state index in [4.69, 9.17) is 0 Å². The number of hydrogen-bond donors (Lipinski definition) is 4. The number of aryl methyl sites for hydroxylation is 2. The number of phenols is 4. The highest BCUT2D eigenvalue weighted by molar-refractivity contribution is 5.56. The smallest absolute Gasteiger partial charge is 0.122 e. The molecule has 4 nitrogen and oxygen atoms in total. The third-order valence-corrected chi connectivity index (χ3v) is 12.7. The minimum Gasteiger partial charge on any atom is -0.508 e. The Balaban J connectivity index is 1.40. The summed E-state index contributed by atoms with van der Waals surface area (Å²) in [6.45, 7) is 3.87. The lowest BCUT2D eigenvalue weighted by Gasteiger charge is -2.41. The Morgan fingerprint density at radius 1 is 0.500 bits per heavy atom. The average Bonchev–Trinajstić information content (AvgIpc) is 3.14. The van der Waals surface area contributed by atoms with E-state index >= 15 is 0 Å². The van der Waals surface area contributed by atoms with Crippen LogP contribution < -0.4 is 0 Å². The molecule has 0 spiro atoms. The molecule has 0 unspecified atom stereocenters. The summed E-state index contributed by atoms with van der Waals surface area (Å²) in [6, 6.07) is 21.0. The largest absolute Gasteiger partial charge is 0.508 e. The van der Waals surface area contributed by atoms with Crippen LogP contribution in [0.1, 0.15) is 164 Å². The van der Waals surface area contributed by atoms with Crippen molar-refractivity contribution in [3.63, 3.8) is 0 Å². The maximum absolute atomic E-state index is 12.0. The summed E-state index contributed by atoms with van der Waals surface area (Å²) in [7, 11) is 0. The summed E-state index contributed by atoms with van der Waals surface area (Å²) in [4.78, 5) is 0. The predicted octanol–water partition coefficient (Wildman–Crippen LogP) is 11.7. The van der Waals surface area contributed by atoms with Gasteiger partial charge in [-0.1, -0.05) is 106 Å². The van der Waals surface area contributed by atoms with Crippen LogP contribution in [0.2, 0.25) is 0 Å². The Bertz CT molecular complexity index is 1690. The molecule has 0 amide bonds. The van der Waals surface area contributed by atoms with Gasteiger partial charge >= 0.3 is 0 Å². The Kier molecular flexibility index (Phi) is 10.2. The third-order valence-electron chi connectivity index (χ3n) is 12.7. The first-order valence-electron chi connectivity index (χ1n) is 19.5. The Hall–Kier alpha value is -3.92. The standard InChI is InChI=1S/C46H56O4/c1-30-22-32(16-18-42(30)47)24-36-26-38(28-40(44(36)49)34-12-6-3-7-13-34)46(20-10-5-11-21-46)39-27-37(25-33-17-19-43(48)31(2)23-33)45(50)41(29-39)35-14-8-4-9-15-35/h16-19,22-23,26-29,34-35,47-50H,3-15,20-21,24-25H2,1-2H3. The van der Waals surface area contributed by atoms with Crippen molar-refractivity contribution in [2.45, 2.75) is 140 Å². The van der Waals surface area contributed by atoms with E-state index in [9.17, 15) is 20.4 Å². The maximum Gasteiger partial charge on any atom is 0.122 e. The van der Waals surface area contributed by atoms with Gasteiger partial charge in [-0.15, -0.1) is 0 Å². The normalized spacial score (nSPS) is 18.7. The Morgan fingerprint density at radius 3 is 1.30 bits per heavy atom. The lowest BCUT2D eigenvalue weighted by Crippen LogP contribution is -2.31. The van der Waals surface area contributed by atoms with Gasteiger partial charge in [0, 0.05) is 18.3 Å². The molecule has 0 atom stereocenters. The molecular weight excluding hydrogens is 617 g/mol. The minimum atomic E-state index is -0.217. The zero-order valence-electron chi connectivity index (χ0n) is 30.2. The lowest BCUT2D eigenvalue weighted by molar-refractivity contribution is 0.341. The molecule has 4 N–H and O–H groups in total. The molecule has 3 fully saturated rings. The molecule has 3 aliphatic rings. The van der Waals surface area contributed by atoms with Crippen molar-refractivity contribution >= 4 is 0 Å². The summed E-state index contributed by atoms with van der Waals surface area (Å²) < 4.78 is 0. The summed E-state index contributed by atoms with van der Waals surface area (Å²) in [5.41, 5.74) is 10.5. The van der Waals surface area contributed by atoms with E-state index in [1.165, 1.54) is 56.1 Å². The van der Waals surface area contributed by atoms with Crippen LogP contribution in [0.5, 0.6) is 23.0 Å². The molecule has 264 valence electrons. The molecule has 0 radical (unpaired) electrons. The van der Waals surface area contributed by atoms with Crippen molar-refractivity contribution in [1.29, 1.82) is 0 Å². The van der Waals surface area contributed by atoms with Gasteiger partial charge in [0.25, 0.3) is 0 Å². The molecule has 0 bridgehead atoms. The molecule has 7 rings (SSSR count). The van der Waals surface area contributed by atoms with Gasteiger partial charge in [0.05, 0.1) is 0 Å². The summed E-state index contributed by atoms with van der Waals surface area (Å²) in [5.74, 6) is 2.22. The van der Waals surface area contributed by atoms with Crippen molar-refractivity contribution in [2.24, 2.45) is 0 Å². The van der Waals surface area contributed by atoms with Crippen molar-refractivity contribution < 1.29 is 20.4 Å². The first kappa shape index (κ1) is 34.5. The van der Waals surface area contributed by atoms with E-state index < -0.39 is 0 Å². The summed E-state index contributed by atoms with van der Waals surface area (Å²) >= 11 is 0. The Labute approximate surface area is 299 Å². The second kappa shape index (κ2) is 14.7. The van der Waals surface area contributed by atoms with Gasteiger partial charge in [0.15, 0.2) is 0 Å². The fraction of sp³-hybridized carbons (Fsp3) is 0.478. The van der Waals surface area contributed by atoms with Crippen molar-refractivity contribution in [3.8, 4) is 23.0 Å². The number of aromatic hydroxyl groups is 4. The zero-order valence-corrected chi connectivity index (χ0v) is 30.2. The van der Waals surface area contributed by atoms with Gasteiger partial charge < -0.3 is 20.4 Å². The molecule has 0 saturated heterocycles. The van der Waals surface area contributed by atoms with Crippen molar-refractivity contribution in [3.05, 3.63) is 116 Å². The van der Waals surface area contributed by atoms with E-state index in [1.54, 1.807) is 12.1 Å². The average molecular weight is 673 g/mol. The second-order valence-electron chi connectivity index (χ2n) is 16.1. The van der Waals surface area contributed by atoms with Gasteiger partial charge in [-0.05, 0) is 132 Å². The van der Waals surface area contributed by atoms with Crippen LogP contribution in [-0.4, -0.2) is 20.4 Å². The van der Waals surface area contributed by atoms with Gasteiger partial charge in [-0.25, -0.2) is 0 Å². The number of phenolic OH excluding ortho intramolecular Hbond substituents is 4. The van der Waals surface area contributed by atoms with Crippen molar-refractivity contribution in [2.75, 3.05) is 0 Å². The molecule has 3 saturated carbocycles. The van der Waals surface area contributed by atoms with Gasteiger partial charge in [0.1, 0.15) is 23.0 Å². The van der Waals surface area contributed by atoms with Crippen molar-refractivity contribution in [1.82, 2.24) is 0 Å². The molecule has 4 heteroatoms. The second-order valence-corrected chi connectivity index (χ2v) is 16.1. The topological polar surface area (TPSA) is 80.9 Å². The number of hydrogen-bond acceptors (Lipinski definition) is 4. The van der Waals surface area contributed by atoms with Gasteiger partial charge in [-0.3, -0.25) is 0 Å². The van der Waals surface area contributed by atoms with Crippen LogP contribution in [-0.2, 0) is 18.3 Å². The van der Waals surface area contributed by atoms with Crippen LogP contribution in [0.25, 0.3) is 0 Å². The van der Waals surface area contributed by atoms with Gasteiger partial charge in [0.2, 0.25) is 0 Å². The van der Waals surface area contributed by atoms with Crippen LogP contribution >= 0.6 is 0 Å². The van der Waals surface area contributed by atoms with Crippen LogP contribution in [0.3, 0.4) is 0 Å². The van der Waals surface area contributed by atoms with Gasteiger partial charge in [-0.2, -0.15) is 0 Å². The van der Waals surface area contributed by atoms with E-state index in [-0.39, 0.29) is 5.41 Å². The van der Waals surface area contributed by atoms with E-state index in [2.05, 4.69) is 24.3 Å². The Morgan fingerprint density at radius 2 is 0.900 bits per heavy atom.